The molecule has 0 N–H and O–H groups in total. The summed E-state index contributed by atoms with van der Waals surface area (Å²) in [7, 11) is 0. The number of pyridine rings is 2. The van der Waals surface area contributed by atoms with E-state index in [1.807, 2.05) is 6.07 Å². The maximum atomic E-state index is 12.7. The molecular formula is C12H7ClFN3S. The Hall–Kier alpha value is -1.59. The van der Waals surface area contributed by atoms with Gasteiger partial charge in [0.1, 0.15) is 10.2 Å². The molecule has 0 aliphatic heterocycles. The summed E-state index contributed by atoms with van der Waals surface area (Å²) < 4.78 is 13.7. The normalized spacial score (nSPS) is 11.0. The maximum Gasteiger partial charge on any atom is 0.212 e. The van der Waals surface area contributed by atoms with E-state index < -0.39 is 5.95 Å². The van der Waals surface area contributed by atoms with Gasteiger partial charge < -0.3 is 0 Å². The van der Waals surface area contributed by atoms with E-state index in [0.717, 1.165) is 15.3 Å². The topological polar surface area (TPSA) is 38.7 Å². The maximum absolute atomic E-state index is 12.7. The first-order chi connectivity index (χ1) is 8.70. The average Bonchev–Trinajstić information content (AvgIpc) is 2.73. The minimum absolute atomic E-state index is 0.433. The van der Waals surface area contributed by atoms with Crippen LogP contribution in [-0.2, 0) is 6.42 Å². The molecule has 18 heavy (non-hydrogen) atoms. The lowest BCUT2D eigenvalue weighted by molar-refractivity contribution is 0.582. The number of rotatable bonds is 2. The molecule has 3 aromatic heterocycles. The van der Waals surface area contributed by atoms with Gasteiger partial charge in [0.15, 0.2) is 5.65 Å². The van der Waals surface area contributed by atoms with Crippen LogP contribution in [0.5, 0.6) is 0 Å². The Balaban J connectivity index is 1.92. The Labute approximate surface area is 111 Å². The molecule has 0 saturated heterocycles. The number of fused-ring (bicyclic) bond motifs is 1. The molecule has 0 amide bonds. The molecule has 6 heteroatoms. The number of hydrogen-bond donors (Lipinski definition) is 0. The lowest BCUT2D eigenvalue weighted by Gasteiger charge is -1.95. The van der Waals surface area contributed by atoms with Crippen molar-refractivity contribution in [1.82, 2.24) is 15.0 Å². The van der Waals surface area contributed by atoms with Crippen molar-refractivity contribution < 1.29 is 4.39 Å². The van der Waals surface area contributed by atoms with Gasteiger partial charge in [0.2, 0.25) is 5.95 Å². The summed E-state index contributed by atoms with van der Waals surface area (Å²) in [5.41, 5.74) is 1.57. The molecular weight excluding hydrogens is 273 g/mol. The van der Waals surface area contributed by atoms with Crippen molar-refractivity contribution in [1.29, 1.82) is 0 Å². The third-order valence-electron chi connectivity index (χ3n) is 2.41. The molecule has 0 radical (unpaired) electrons. The van der Waals surface area contributed by atoms with Crippen LogP contribution in [0.3, 0.4) is 0 Å². The minimum Gasteiger partial charge on any atom is -0.228 e. The number of halogens is 2. The Bertz CT molecular complexity index is 696. The van der Waals surface area contributed by atoms with Crippen LogP contribution >= 0.6 is 22.9 Å². The lowest BCUT2D eigenvalue weighted by Crippen LogP contribution is -1.90. The predicted molar refractivity (Wildman–Crippen MR) is 69.4 cm³/mol. The first-order valence-electron chi connectivity index (χ1n) is 5.23. The molecule has 0 spiro atoms. The van der Waals surface area contributed by atoms with E-state index in [1.165, 1.54) is 12.3 Å². The summed E-state index contributed by atoms with van der Waals surface area (Å²) >= 11 is 7.36. The van der Waals surface area contributed by atoms with Gasteiger partial charge in [-0.15, -0.1) is 11.3 Å². The first-order valence-corrected chi connectivity index (χ1v) is 6.42. The molecule has 0 unspecified atom stereocenters. The Morgan fingerprint density at radius 3 is 2.83 bits per heavy atom. The molecule has 3 heterocycles. The van der Waals surface area contributed by atoms with E-state index in [4.69, 9.17) is 11.6 Å². The van der Waals surface area contributed by atoms with E-state index in [0.29, 0.717) is 17.2 Å². The molecule has 0 saturated carbocycles. The zero-order valence-electron chi connectivity index (χ0n) is 9.10. The van der Waals surface area contributed by atoms with Crippen LogP contribution in [0, 0.1) is 5.95 Å². The summed E-state index contributed by atoms with van der Waals surface area (Å²) in [4.78, 5) is 12.2. The summed E-state index contributed by atoms with van der Waals surface area (Å²) in [5, 5.41) is 1.34. The highest BCUT2D eigenvalue weighted by molar-refractivity contribution is 7.18. The van der Waals surface area contributed by atoms with Crippen LogP contribution in [0.2, 0.25) is 5.15 Å². The van der Waals surface area contributed by atoms with Crippen molar-refractivity contribution in [3.8, 4) is 0 Å². The van der Waals surface area contributed by atoms with Gasteiger partial charge in [-0.05, 0) is 23.8 Å². The van der Waals surface area contributed by atoms with Crippen LogP contribution < -0.4 is 0 Å². The van der Waals surface area contributed by atoms with Crippen molar-refractivity contribution in [2.24, 2.45) is 0 Å². The quantitative estimate of drug-likeness (QED) is 0.674. The second kappa shape index (κ2) is 4.59. The van der Waals surface area contributed by atoms with E-state index in [9.17, 15) is 4.39 Å². The minimum atomic E-state index is -0.475. The Morgan fingerprint density at radius 2 is 2.06 bits per heavy atom. The van der Waals surface area contributed by atoms with E-state index in [-0.39, 0.29) is 0 Å². The fraction of sp³-hybridized carbons (Fsp3) is 0.0833. The third kappa shape index (κ3) is 2.32. The Morgan fingerprint density at radius 1 is 1.17 bits per heavy atom. The van der Waals surface area contributed by atoms with Gasteiger partial charge in [0, 0.05) is 12.6 Å². The van der Waals surface area contributed by atoms with Gasteiger partial charge in [-0.3, -0.25) is 0 Å². The summed E-state index contributed by atoms with van der Waals surface area (Å²) in [6, 6.07) is 6.69. The first kappa shape index (κ1) is 11.5. The van der Waals surface area contributed by atoms with Crippen molar-refractivity contribution in [2.75, 3.05) is 0 Å². The van der Waals surface area contributed by atoms with Gasteiger partial charge in [0.05, 0.1) is 4.70 Å². The fourth-order valence-corrected chi connectivity index (χ4v) is 2.69. The predicted octanol–water partition coefficient (Wildman–Crippen LogP) is 3.47. The van der Waals surface area contributed by atoms with Crippen molar-refractivity contribution in [3.05, 3.63) is 52.1 Å². The highest BCUT2D eigenvalue weighted by Gasteiger charge is 2.06. The summed E-state index contributed by atoms with van der Waals surface area (Å²) in [5.74, 6) is -0.475. The Kier molecular flexibility index (Phi) is 2.93. The number of aromatic nitrogens is 3. The molecule has 3 rings (SSSR count). The van der Waals surface area contributed by atoms with Crippen molar-refractivity contribution in [3.63, 3.8) is 0 Å². The lowest BCUT2D eigenvalue weighted by atomic mass is 10.2. The van der Waals surface area contributed by atoms with Gasteiger partial charge in [-0.1, -0.05) is 17.7 Å². The average molecular weight is 280 g/mol. The van der Waals surface area contributed by atoms with Gasteiger partial charge in [-0.2, -0.15) is 4.39 Å². The van der Waals surface area contributed by atoms with Crippen LogP contribution in [0.4, 0.5) is 4.39 Å². The highest BCUT2D eigenvalue weighted by atomic mass is 35.5. The standard InChI is InChI=1S/C12H7ClFN3S/c13-9-3-2-8-12(16-9)17-11(18-8)5-7-1-4-10(14)15-6-7/h1-4,6H,5H2. The third-order valence-corrected chi connectivity index (χ3v) is 3.63. The smallest absolute Gasteiger partial charge is 0.212 e. The van der Waals surface area contributed by atoms with Gasteiger partial charge >= 0.3 is 0 Å². The highest BCUT2D eigenvalue weighted by Crippen LogP contribution is 2.23. The van der Waals surface area contributed by atoms with E-state index in [1.54, 1.807) is 23.5 Å². The molecule has 0 aliphatic rings. The van der Waals surface area contributed by atoms with Crippen molar-refractivity contribution in [2.45, 2.75) is 6.42 Å². The molecule has 3 aromatic rings. The van der Waals surface area contributed by atoms with Crippen LogP contribution in [0.15, 0.2) is 30.5 Å². The molecule has 0 aromatic carbocycles. The summed E-state index contributed by atoms with van der Waals surface area (Å²) in [6.07, 6.45) is 2.13. The van der Waals surface area contributed by atoms with Crippen LogP contribution in [0.25, 0.3) is 10.3 Å². The van der Waals surface area contributed by atoms with Crippen LogP contribution in [-0.4, -0.2) is 15.0 Å². The van der Waals surface area contributed by atoms with Crippen LogP contribution in [0.1, 0.15) is 10.6 Å². The second-order valence-electron chi connectivity index (χ2n) is 3.73. The van der Waals surface area contributed by atoms with Gasteiger partial charge in [-0.25, -0.2) is 15.0 Å². The molecule has 0 bridgehead atoms. The monoisotopic (exact) mass is 279 g/mol. The zero-order valence-corrected chi connectivity index (χ0v) is 10.7. The van der Waals surface area contributed by atoms with Gasteiger partial charge in [0.25, 0.3) is 0 Å². The SMILES string of the molecule is Fc1ccc(Cc2nc3nc(Cl)ccc3s2)cn1. The molecule has 0 atom stereocenters. The number of hydrogen-bond acceptors (Lipinski definition) is 4. The largest absolute Gasteiger partial charge is 0.228 e. The van der Waals surface area contributed by atoms with Crippen molar-refractivity contribution >= 4 is 33.3 Å². The zero-order chi connectivity index (χ0) is 12.5. The number of thiazole rings is 1. The molecule has 0 fully saturated rings. The molecule has 3 nitrogen and oxygen atoms in total. The summed E-state index contributed by atoms with van der Waals surface area (Å²) in [6.45, 7) is 0. The van der Waals surface area contributed by atoms with E-state index in [2.05, 4.69) is 15.0 Å². The molecule has 0 aliphatic carbocycles. The molecule has 90 valence electrons. The fourth-order valence-electron chi connectivity index (χ4n) is 1.60. The second-order valence-corrected chi connectivity index (χ2v) is 5.23. The van der Waals surface area contributed by atoms with E-state index >= 15 is 0 Å². The number of nitrogens with zero attached hydrogens (tertiary/aromatic N) is 3.